The minimum atomic E-state index is 0.0675. The summed E-state index contributed by atoms with van der Waals surface area (Å²) in [7, 11) is 0. The van der Waals surface area contributed by atoms with Crippen LogP contribution in [-0.4, -0.2) is 26.3 Å². The number of rotatable bonds is 5. The molecule has 0 aliphatic rings. The fourth-order valence-electron chi connectivity index (χ4n) is 2.68. The third kappa shape index (κ3) is 2.52. The van der Waals surface area contributed by atoms with Gasteiger partial charge in [0.1, 0.15) is 0 Å². The van der Waals surface area contributed by atoms with Crippen LogP contribution in [0.5, 0.6) is 0 Å². The van der Waals surface area contributed by atoms with Crippen LogP contribution in [0.3, 0.4) is 0 Å². The summed E-state index contributed by atoms with van der Waals surface area (Å²) in [6.07, 6.45) is 5.32. The first-order valence-corrected chi connectivity index (χ1v) is 7.29. The van der Waals surface area contributed by atoms with Crippen molar-refractivity contribution < 1.29 is 0 Å². The summed E-state index contributed by atoms with van der Waals surface area (Å²) < 4.78 is 2.02. The highest BCUT2D eigenvalue weighted by Gasteiger charge is 2.19. The Morgan fingerprint density at radius 2 is 1.95 bits per heavy atom. The van der Waals surface area contributed by atoms with Gasteiger partial charge in [0.15, 0.2) is 0 Å². The molecule has 2 heterocycles. The third-order valence-electron chi connectivity index (χ3n) is 3.59. The van der Waals surface area contributed by atoms with Crippen molar-refractivity contribution in [1.29, 1.82) is 0 Å². The molecular formula is C16H19N5. The highest BCUT2D eigenvalue weighted by molar-refractivity contribution is 5.78. The van der Waals surface area contributed by atoms with Crippen LogP contribution in [0.25, 0.3) is 11.0 Å². The molecule has 0 saturated carbocycles. The summed E-state index contributed by atoms with van der Waals surface area (Å²) in [5.74, 6) is 0. The quantitative estimate of drug-likeness (QED) is 0.781. The van der Waals surface area contributed by atoms with Gasteiger partial charge < -0.3 is 5.32 Å². The number of para-hydroxylation sites is 1. The number of hydrogen-bond donors (Lipinski definition) is 1. The zero-order valence-corrected chi connectivity index (χ0v) is 12.3. The molecule has 1 N–H and O–H groups in total. The number of nitrogens with zero attached hydrogens (tertiary/aromatic N) is 4. The van der Waals surface area contributed by atoms with Crippen LogP contribution in [0.2, 0.25) is 0 Å². The molecular weight excluding hydrogens is 262 g/mol. The van der Waals surface area contributed by atoms with Crippen LogP contribution < -0.4 is 5.32 Å². The first-order valence-electron chi connectivity index (χ1n) is 7.29. The number of fused-ring (bicyclic) bond motifs is 1. The molecule has 2 aromatic heterocycles. The topological polar surface area (TPSA) is 55.6 Å². The Labute approximate surface area is 124 Å². The van der Waals surface area contributed by atoms with Gasteiger partial charge in [-0.25, -0.2) is 0 Å². The van der Waals surface area contributed by atoms with E-state index in [1.807, 2.05) is 23.0 Å². The van der Waals surface area contributed by atoms with Crippen molar-refractivity contribution in [1.82, 2.24) is 25.1 Å². The van der Waals surface area contributed by atoms with Gasteiger partial charge in [0.05, 0.1) is 22.8 Å². The third-order valence-corrected chi connectivity index (χ3v) is 3.59. The predicted molar refractivity (Wildman–Crippen MR) is 83.0 cm³/mol. The first kappa shape index (κ1) is 13.7. The van der Waals surface area contributed by atoms with E-state index in [9.17, 15) is 0 Å². The predicted octanol–water partition coefficient (Wildman–Crippen LogP) is 2.55. The molecule has 5 nitrogen and oxygen atoms in total. The Kier molecular flexibility index (Phi) is 3.92. The van der Waals surface area contributed by atoms with Crippen molar-refractivity contribution in [2.45, 2.75) is 26.4 Å². The van der Waals surface area contributed by atoms with Crippen molar-refractivity contribution in [2.75, 3.05) is 6.54 Å². The Morgan fingerprint density at radius 1 is 1.10 bits per heavy atom. The van der Waals surface area contributed by atoms with E-state index in [4.69, 9.17) is 0 Å². The number of aromatic nitrogens is 4. The molecule has 3 aromatic rings. The van der Waals surface area contributed by atoms with E-state index in [2.05, 4.69) is 46.4 Å². The van der Waals surface area contributed by atoms with E-state index < -0.39 is 0 Å². The molecule has 5 heteroatoms. The average Bonchev–Trinajstić information content (AvgIpc) is 3.00. The smallest absolute Gasteiger partial charge is 0.0938 e. The van der Waals surface area contributed by atoms with Crippen molar-refractivity contribution >= 4 is 11.0 Å². The molecule has 0 aliphatic carbocycles. The molecule has 1 atom stereocenters. The summed E-state index contributed by atoms with van der Waals surface area (Å²) in [4.78, 5) is 8.91. The second-order valence-corrected chi connectivity index (χ2v) is 4.83. The van der Waals surface area contributed by atoms with Gasteiger partial charge in [-0.15, -0.1) is 0 Å². The fourth-order valence-corrected chi connectivity index (χ4v) is 2.68. The van der Waals surface area contributed by atoms with Crippen LogP contribution >= 0.6 is 0 Å². The first-order chi connectivity index (χ1) is 10.3. The highest BCUT2D eigenvalue weighted by Crippen LogP contribution is 2.26. The molecule has 21 heavy (non-hydrogen) atoms. The van der Waals surface area contributed by atoms with Crippen molar-refractivity contribution in [3.63, 3.8) is 0 Å². The van der Waals surface area contributed by atoms with E-state index in [1.165, 1.54) is 0 Å². The lowest BCUT2D eigenvalue weighted by atomic mass is 10.0. The van der Waals surface area contributed by atoms with Crippen LogP contribution in [0.1, 0.15) is 31.1 Å². The zero-order chi connectivity index (χ0) is 14.7. The molecule has 0 amide bonds. The largest absolute Gasteiger partial charge is 0.305 e. The number of hydrogen-bond acceptors (Lipinski definition) is 4. The van der Waals surface area contributed by atoms with Crippen molar-refractivity contribution in [3.05, 3.63) is 54.1 Å². The Hall–Kier alpha value is -2.27. The second kappa shape index (κ2) is 6.01. The van der Waals surface area contributed by atoms with E-state index >= 15 is 0 Å². The maximum atomic E-state index is 4.52. The lowest BCUT2D eigenvalue weighted by Crippen LogP contribution is -2.25. The number of benzene rings is 1. The second-order valence-electron chi connectivity index (χ2n) is 4.83. The van der Waals surface area contributed by atoms with Gasteiger partial charge in [-0.3, -0.25) is 14.6 Å². The van der Waals surface area contributed by atoms with Gasteiger partial charge in [-0.05, 0) is 25.6 Å². The normalized spacial score (nSPS) is 12.7. The van der Waals surface area contributed by atoms with Crippen LogP contribution in [0, 0.1) is 0 Å². The Morgan fingerprint density at radius 3 is 2.76 bits per heavy atom. The number of nitrogens with one attached hydrogen (secondary N) is 1. The molecule has 0 radical (unpaired) electrons. The van der Waals surface area contributed by atoms with Gasteiger partial charge >= 0.3 is 0 Å². The van der Waals surface area contributed by atoms with Crippen molar-refractivity contribution in [2.24, 2.45) is 0 Å². The summed E-state index contributed by atoms with van der Waals surface area (Å²) in [5.41, 5.74) is 4.14. The van der Waals surface area contributed by atoms with E-state index in [-0.39, 0.29) is 6.04 Å². The van der Waals surface area contributed by atoms with Crippen molar-refractivity contribution in [3.8, 4) is 0 Å². The van der Waals surface area contributed by atoms with E-state index in [0.717, 1.165) is 35.4 Å². The molecule has 1 aromatic carbocycles. The molecule has 0 saturated heterocycles. The molecule has 3 rings (SSSR count). The average molecular weight is 281 g/mol. The highest BCUT2D eigenvalue weighted by atomic mass is 15.3. The maximum absolute atomic E-state index is 4.52. The summed E-state index contributed by atoms with van der Waals surface area (Å²) in [6.45, 7) is 5.93. The lowest BCUT2D eigenvalue weighted by molar-refractivity contribution is 0.544. The molecule has 0 spiro atoms. The van der Waals surface area contributed by atoms with Gasteiger partial charge in [0.2, 0.25) is 0 Å². The fraction of sp³-hybridized carbons (Fsp3) is 0.312. The summed E-state index contributed by atoms with van der Waals surface area (Å²) >= 11 is 0. The van der Waals surface area contributed by atoms with Gasteiger partial charge in [0.25, 0.3) is 0 Å². The van der Waals surface area contributed by atoms with Crippen LogP contribution in [0.4, 0.5) is 0 Å². The van der Waals surface area contributed by atoms with Crippen LogP contribution in [0.15, 0.2) is 42.9 Å². The Balaban J connectivity index is 2.16. The lowest BCUT2D eigenvalue weighted by Gasteiger charge is -2.20. The molecule has 0 aliphatic heterocycles. The molecule has 0 bridgehead atoms. The minimum Gasteiger partial charge on any atom is -0.305 e. The summed E-state index contributed by atoms with van der Waals surface area (Å²) in [5, 5.41) is 7.92. The van der Waals surface area contributed by atoms with Gasteiger partial charge in [-0.2, -0.15) is 5.10 Å². The van der Waals surface area contributed by atoms with E-state index in [1.54, 1.807) is 12.4 Å². The maximum Gasteiger partial charge on any atom is 0.0938 e. The van der Waals surface area contributed by atoms with Crippen LogP contribution in [-0.2, 0) is 6.54 Å². The Bertz CT molecular complexity index is 729. The zero-order valence-electron chi connectivity index (χ0n) is 12.3. The summed E-state index contributed by atoms with van der Waals surface area (Å²) in [6, 6.07) is 8.26. The number of aryl methyl sites for hydroxylation is 1. The monoisotopic (exact) mass is 281 g/mol. The standard InChI is InChI=1S/C16H19N5/c1-3-17-16(14-8-9-20-21(14)4-2)12-6-5-7-13-15(12)19-11-10-18-13/h5-11,16-17H,3-4H2,1-2H3. The SMILES string of the molecule is CCNC(c1cccc2nccnc12)c1ccnn1CC. The molecule has 0 fully saturated rings. The van der Waals surface area contributed by atoms with E-state index in [0.29, 0.717) is 0 Å². The van der Waals surface area contributed by atoms with Gasteiger partial charge in [0, 0.05) is 30.7 Å². The minimum absolute atomic E-state index is 0.0675. The molecule has 108 valence electrons. The van der Waals surface area contributed by atoms with Gasteiger partial charge in [-0.1, -0.05) is 19.1 Å². The molecule has 1 unspecified atom stereocenters.